The van der Waals surface area contributed by atoms with E-state index in [2.05, 4.69) is 42.2 Å². The van der Waals surface area contributed by atoms with Crippen molar-refractivity contribution in [3.05, 3.63) is 117 Å². The van der Waals surface area contributed by atoms with E-state index in [1.165, 1.54) is 0 Å². The van der Waals surface area contributed by atoms with E-state index in [1.54, 1.807) is 23.5 Å². The molecule has 0 radical (unpaired) electrons. The minimum atomic E-state index is -0.813. The second kappa shape index (κ2) is 9.10. The first-order chi connectivity index (χ1) is 14.3. The lowest BCUT2D eigenvalue weighted by molar-refractivity contribution is 0.812. The van der Waals surface area contributed by atoms with Crippen molar-refractivity contribution in [3.63, 3.8) is 0 Å². The highest BCUT2D eigenvalue weighted by Crippen LogP contribution is 2.47. The second-order valence-corrected chi connectivity index (χ2v) is 9.04. The van der Waals surface area contributed by atoms with Gasteiger partial charge >= 0.3 is 0 Å². The number of benzene rings is 3. The van der Waals surface area contributed by atoms with Crippen LogP contribution in [0.4, 0.5) is 0 Å². The average molecular weight is 410 g/mol. The standard InChI is InChI=1S/C26H19NS2/c27-20-24(25-28-18-19-29-25)26(22-12-6-2-7-13-22,23-14-8-3-9-15-23)17-16-21-10-4-1-5-11-21/h1-15H,18-19H2. The summed E-state index contributed by atoms with van der Waals surface area (Å²) in [6, 6.07) is 32.9. The zero-order valence-corrected chi connectivity index (χ0v) is 17.5. The smallest absolute Gasteiger partial charge is 0.118 e. The van der Waals surface area contributed by atoms with Crippen molar-refractivity contribution in [2.24, 2.45) is 0 Å². The molecule has 0 unspecified atom stereocenters. The summed E-state index contributed by atoms with van der Waals surface area (Å²) < 4.78 is 1.09. The maximum Gasteiger partial charge on any atom is 0.118 e. The molecule has 1 saturated heterocycles. The molecule has 0 aromatic heterocycles. The van der Waals surface area contributed by atoms with Crippen molar-refractivity contribution in [1.29, 1.82) is 5.26 Å². The van der Waals surface area contributed by atoms with E-state index in [9.17, 15) is 5.26 Å². The monoisotopic (exact) mass is 409 g/mol. The quantitative estimate of drug-likeness (QED) is 0.378. The highest BCUT2D eigenvalue weighted by atomic mass is 32.2. The summed E-state index contributed by atoms with van der Waals surface area (Å²) in [4.78, 5) is 0. The Bertz CT molecular complexity index is 1050. The van der Waals surface area contributed by atoms with Gasteiger partial charge in [0.2, 0.25) is 0 Å². The molecule has 1 aliphatic heterocycles. The van der Waals surface area contributed by atoms with Gasteiger partial charge in [0, 0.05) is 17.1 Å². The van der Waals surface area contributed by atoms with E-state index in [0.717, 1.165) is 38.0 Å². The number of nitrogens with zero attached hydrogens (tertiary/aromatic N) is 1. The summed E-state index contributed by atoms with van der Waals surface area (Å²) >= 11 is 3.53. The lowest BCUT2D eigenvalue weighted by Gasteiger charge is -2.30. The maximum atomic E-state index is 10.3. The fourth-order valence-electron chi connectivity index (χ4n) is 3.46. The number of hydrogen-bond donors (Lipinski definition) is 0. The normalized spacial score (nSPS) is 13.3. The lowest BCUT2D eigenvalue weighted by Crippen LogP contribution is -2.29. The van der Waals surface area contributed by atoms with Crippen LogP contribution in [0, 0.1) is 23.2 Å². The summed E-state index contributed by atoms with van der Waals surface area (Å²) in [6.45, 7) is 0. The summed E-state index contributed by atoms with van der Waals surface area (Å²) in [6.07, 6.45) is 0. The summed E-state index contributed by atoms with van der Waals surface area (Å²) in [5, 5.41) is 10.3. The molecule has 1 nitrogen and oxygen atoms in total. The summed E-state index contributed by atoms with van der Waals surface area (Å²) in [7, 11) is 0. The predicted molar refractivity (Wildman–Crippen MR) is 125 cm³/mol. The lowest BCUT2D eigenvalue weighted by atomic mass is 9.70. The van der Waals surface area contributed by atoms with Gasteiger partial charge in [-0.1, -0.05) is 90.7 Å². The van der Waals surface area contributed by atoms with Crippen molar-refractivity contribution >= 4 is 23.5 Å². The number of nitriles is 1. The average Bonchev–Trinajstić information content (AvgIpc) is 3.33. The van der Waals surface area contributed by atoms with E-state index >= 15 is 0 Å². The highest BCUT2D eigenvalue weighted by molar-refractivity contribution is 8.25. The number of hydrogen-bond acceptors (Lipinski definition) is 3. The molecular weight excluding hydrogens is 390 g/mol. The Morgan fingerprint density at radius 1 is 0.724 bits per heavy atom. The Balaban J connectivity index is 2.05. The van der Waals surface area contributed by atoms with Gasteiger partial charge < -0.3 is 0 Å². The van der Waals surface area contributed by atoms with E-state index in [1.807, 2.05) is 66.7 Å². The molecule has 0 saturated carbocycles. The van der Waals surface area contributed by atoms with Gasteiger partial charge in [-0.25, -0.2) is 0 Å². The second-order valence-electron chi connectivity index (χ2n) is 6.57. The third-order valence-corrected chi connectivity index (χ3v) is 7.54. The minimum Gasteiger partial charge on any atom is -0.193 e. The van der Waals surface area contributed by atoms with Gasteiger partial charge in [0.05, 0.1) is 15.9 Å². The van der Waals surface area contributed by atoms with Crippen LogP contribution in [0.5, 0.6) is 0 Å². The first-order valence-electron chi connectivity index (χ1n) is 9.44. The third kappa shape index (κ3) is 3.99. The predicted octanol–water partition coefficient (Wildman–Crippen LogP) is 6.24. The van der Waals surface area contributed by atoms with Gasteiger partial charge in [-0.15, -0.1) is 23.5 Å². The molecule has 3 aromatic carbocycles. The van der Waals surface area contributed by atoms with Gasteiger partial charge in [-0.05, 0) is 23.3 Å². The zero-order chi connectivity index (χ0) is 19.9. The first-order valence-corrected chi connectivity index (χ1v) is 11.4. The molecule has 1 heterocycles. The molecular formula is C26H19NS2. The molecule has 0 bridgehead atoms. The largest absolute Gasteiger partial charge is 0.193 e. The number of rotatable bonds is 3. The summed E-state index contributed by atoms with van der Waals surface area (Å²) in [5.74, 6) is 8.97. The van der Waals surface area contributed by atoms with Gasteiger partial charge in [0.25, 0.3) is 0 Å². The Morgan fingerprint density at radius 2 is 1.21 bits per heavy atom. The molecule has 0 spiro atoms. The Labute approximate surface area is 180 Å². The first kappa shape index (κ1) is 19.5. The molecule has 3 aromatic rings. The van der Waals surface area contributed by atoms with Crippen LogP contribution in [0.15, 0.2) is 101 Å². The van der Waals surface area contributed by atoms with Gasteiger partial charge in [-0.3, -0.25) is 0 Å². The van der Waals surface area contributed by atoms with Crippen LogP contribution in [0.3, 0.4) is 0 Å². The number of allylic oxidation sites excluding steroid dienone is 1. The summed E-state index contributed by atoms with van der Waals surface area (Å²) in [5.41, 5.74) is 2.90. The third-order valence-electron chi connectivity index (χ3n) is 4.82. The molecule has 3 heteroatoms. The Hall–Kier alpha value is -2.85. The van der Waals surface area contributed by atoms with Crippen molar-refractivity contribution in [2.75, 3.05) is 11.5 Å². The van der Waals surface area contributed by atoms with E-state index < -0.39 is 5.41 Å². The molecule has 140 valence electrons. The van der Waals surface area contributed by atoms with Crippen molar-refractivity contribution in [2.45, 2.75) is 5.41 Å². The van der Waals surface area contributed by atoms with Crippen LogP contribution >= 0.6 is 23.5 Å². The number of thioether (sulfide) groups is 2. The molecule has 1 aliphatic rings. The van der Waals surface area contributed by atoms with Crippen LogP contribution < -0.4 is 0 Å². The van der Waals surface area contributed by atoms with Crippen LogP contribution in [0.25, 0.3) is 0 Å². The molecule has 0 amide bonds. The molecule has 0 N–H and O–H groups in total. The molecule has 1 fully saturated rings. The van der Waals surface area contributed by atoms with Crippen molar-refractivity contribution in [1.82, 2.24) is 0 Å². The SMILES string of the molecule is N#CC(=C1SCCS1)C(C#Cc1ccccc1)(c1ccccc1)c1ccccc1. The van der Waals surface area contributed by atoms with Crippen LogP contribution in [-0.2, 0) is 5.41 Å². The molecule has 4 rings (SSSR count). The fourth-order valence-corrected chi connectivity index (χ4v) is 6.02. The van der Waals surface area contributed by atoms with Gasteiger partial charge in [0.1, 0.15) is 5.41 Å². The van der Waals surface area contributed by atoms with Crippen LogP contribution in [0.2, 0.25) is 0 Å². The van der Waals surface area contributed by atoms with Crippen molar-refractivity contribution < 1.29 is 0 Å². The topological polar surface area (TPSA) is 23.8 Å². The van der Waals surface area contributed by atoms with Crippen molar-refractivity contribution in [3.8, 4) is 17.9 Å². The molecule has 0 aliphatic carbocycles. The zero-order valence-electron chi connectivity index (χ0n) is 15.8. The fraction of sp³-hybridized carbons (Fsp3) is 0.115. The molecule has 29 heavy (non-hydrogen) atoms. The minimum absolute atomic E-state index is 0.728. The Morgan fingerprint density at radius 3 is 1.69 bits per heavy atom. The van der Waals surface area contributed by atoms with E-state index in [4.69, 9.17) is 0 Å². The highest BCUT2D eigenvalue weighted by Gasteiger charge is 2.40. The van der Waals surface area contributed by atoms with E-state index in [0.29, 0.717) is 0 Å². The maximum absolute atomic E-state index is 10.3. The molecule has 0 atom stereocenters. The van der Waals surface area contributed by atoms with Gasteiger partial charge in [0.15, 0.2) is 0 Å². The van der Waals surface area contributed by atoms with E-state index in [-0.39, 0.29) is 0 Å². The van der Waals surface area contributed by atoms with Crippen LogP contribution in [-0.4, -0.2) is 11.5 Å². The van der Waals surface area contributed by atoms with Gasteiger partial charge in [-0.2, -0.15) is 5.26 Å². The Kier molecular flexibility index (Phi) is 6.11. The van der Waals surface area contributed by atoms with Crippen LogP contribution in [0.1, 0.15) is 16.7 Å².